The average molecular weight is 297 g/mol. The van der Waals surface area contributed by atoms with Crippen molar-refractivity contribution in [1.29, 1.82) is 0 Å². The van der Waals surface area contributed by atoms with Gasteiger partial charge in [0.1, 0.15) is 0 Å². The van der Waals surface area contributed by atoms with Gasteiger partial charge in [-0.25, -0.2) is 0 Å². The van der Waals surface area contributed by atoms with E-state index in [0.29, 0.717) is 5.75 Å². The third-order valence-corrected chi connectivity index (χ3v) is 4.63. The fourth-order valence-corrected chi connectivity index (χ4v) is 3.42. The van der Waals surface area contributed by atoms with Crippen LogP contribution in [0.2, 0.25) is 0 Å². The second-order valence-corrected chi connectivity index (χ2v) is 5.79. The number of hydrogen-bond donors (Lipinski definition) is 1. The van der Waals surface area contributed by atoms with Crippen molar-refractivity contribution >= 4 is 0 Å². The summed E-state index contributed by atoms with van der Waals surface area (Å²) in [5, 5.41) is 9.60. The molecule has 0 amide bonds. The third-order valence-electron chi connectivity index (χ3n) is 1.80. The van der Waals surface area contributed by atoms with Gasteiger partial charge in [-0.15, -0.1) is 0 Å². The van der Waals surface area contributed by atoms with E-state index < -0.39 is 0 Å². The Hall–Kier alpha value is -1.03. The van der Waals surface area contributed by atoms with Crippen LogP contribution in [0.3, 0.4) is 0 Å². The van der Waals surface area contributed by atoms with E-state index in [4.69, 9.17) is 0 Å². The molecule has 0 saturated heterocycles. The van der Waals surface area contributed by atoms with Gasteiger partial charge in [0.2, 0.25) is 0 Å². The zero-order valence-corrected chi connectivity index (χ0v) is 9.68. The van der Waals surface area contributed by atoms with Gasteiger partial charge in [-0.2, -0.15) is 0 Å². The van der Waals surface area contributed by atoms with E-state index in [-0.39, 0.29) is 21.2 Å². The molecule has 72 valence electrons. The molecule has 0 spiro atoms. The Morgan fingerprint density at radius 3 is 2.14 bits per heavy atom. The molecule has 14 heavy (non-hydrogen) atoms. The van der Waals surface area contributed by atoms with Crippen LogP contribution in [0.1, 0.15) is 0 Å². The molecule has 0 bridgehead atoms. The fraction of sp³-hybridized carbons (Fsp3) is 0. The Bertz CT molecular complexity index is 412. The summed E-state index contributed by atoms with van der Waals surface area (Å²) < 4.78 is 2.41. The van der Waals surface area contributed by atoms with E-state index >= 15 is 0 Å². The Morgan fingerprint density at radius 1 is 0.786 bits per heavy atom. The molecule has 0 aliphatic rings. The molecule has 2 aromatic rings. The maximum absolute atomic E-state index is 9.60. The van der Waals surface area contributed by atoms with Gasteiger partial charge in [-0.3, -0.25) is 0 Å². The van der Waals surface area contributed by atoms with Crippen LogP contribution in [0.4, 0.5) is 0 Å². The molecular weight excluding hydrogens is 287 g/mol. The van der Waals surface area contributed by atoms with Crippen molar-refractivity contribution in [3.05, 3.63) is 61.7 Å². The Balaban J connectivity index is 2.24. The monoisotopic (exact) mass is 297 g/mol. The van der Waals surface area contributed by atoms with Gasteiger partial charge < -0.3 is 0 Å². The van der Waals surface area contributed by atoms with Crippen LogP contribution in [0, 0.1) is 7.14 Å². The van der Waals surface area contributed by atoms with Gasteiger partial charge >= 0.3 is 93.8 Å². The van der Waals surface area contributed by atoms with E-state index in [9.17, 15) is 5.11 Å². The summed E-state index contributed by atoms with van der Waals surface area (Å²) in [6.07, 6.45) is 0. The SMILES string of the molecule is Oc1ccccc1[I-]c1ccccc1. The van der Waals surface area contributed by atoms with Crippen LogP contribution in [0.25, 0.3) is 0 Å². The van der Waals surface area contributed by atoms with Gasteiger partial charge in [0.05, 0.1) is 0 Å². The van der Waals surface area contributed by atoms with Crippen LogP contribution in [-0.4, -0.2) is 5.11 Å². The molecule has 2 rings (SSSR count). The quantitative estimate of drug-likeness (QED) is 0.743. The van der Waals surface area contributed by atoms with Gasteiger partial charge in [-0.1, -0.05) is 0 Å². The predicted molar refractivity (Wildman–Crippen MR) is 51.9 cm³/mol. The molecule has 0 heterocycles. The fourth-order valence-electron chi connectivity index (χ4n) is 1.13. The first-order valence-corrected chi connectivity index (χ1v) is 6.50. The number of phenols is 1. The minimum absolute atomic E-state index is 0.243. The second kappa shape index (κ2) is 4.46. The number of benzene rings is 2. The van der Waals surface area contributed by atoms with E-state index in [1.165, 1.54) is 3.57 Å². The van der Waals surface area contributed by atoms with Crippen molar-refractivity contribution < 1.29 is 26.3 Å². The van der Waals surface area contributed by atoms with Crippen molar-refractivity contribution in [2.24, 2.45) is 0 Å². The molecule has 0 radical (unpaired) electrons. The standard InChI is InChI=1S/C12H10IO/c14-12-9-5-4-8-11(12)13-10-6-2-1-3-7-10/h1-9,14H/q-1. The number of rotatable bonds is 2. The van der Waals surface area contributed by atoms with Crippen molar-refractivity contribution in [1.82, 2.24) is 0 Å². The summed E-state index contributed by atoms with van der Waals surface area (Å²) in [5.74, 6) is 0.421. The Morgan fingerprint density at radius 2 is 1.43 bits per heavy atom. The normalized spacial score (nSPS) is 10.3. The number of hydrogen-bond acceptors (Lipinski definition) is 1. The summed E-state index contributed by atoms with van der Waals surface area (Å²) in [6.45, 7) is 0. The van der Waals surface area contributed by atoms with E-state index in [1.54, 1.807) is 6.07 Å². The minimum atomic E-state index is -0.243. The van der Waals surface area contributed by atoms with Crippen molar-refractivity contribution in [2.45, 2.75) is 0 Å². The van der Waals surface area contributed by atoms with Crippen molar-refractivity contribution in [2.75, 3.05) is 0 Å². The first-order valence-electron chi connectivity index (χ1n) is 4.34. The van der Waals surface area contributed by atoms with Gasteiger partial charge in [0, 0.05) is 0 Å². The van der Waals surface area contributed by atoms with Crippen molar-refractivity contribution in [3.8, 4) is 5.75 Å². The Kier molecular flexibility index (Phi) is 3.03. The van der Waals surface area contributed by atoms with Crippen LogP contribution < -0.4 is 21.2 Å². The molecule has 1 nitrogen and oxygen atoms in total. The van der Waals surface area contributed by atoms with Crippen LogP contribution in [0.5, 0.6) is 5.75 Å². The van der Waals surface area contributed by atoms with Gasteiger partial charge in [0.15, 0.2) is 0 Å². The number of phenolic OH excluding ortho intramolecular Hbond substituents is 1. The predicted octanol–water partition coefficient (Wildman–Crippen LogP) is -0.479. The number of para-hydroxylation sites is 1. The van der Waals surface area contributed by atoms with E-state index in [1.807, 2.05) is 36.4 Å². The van der Waals surface area contributed by atoms with Crippen LogP contribution >= 0.6 is 0 Å². The summed E-state index contributed by atoms with van der Waals surface area (Å²) >= 11 is -0.243. The summed E-state index contributed by atoms with van der Waals surface area (Å²) in [5.41, 5.74) is 0. The van der Waals surface area contributed by atoms with Crippen LogP contribution in [0.15, 0.2) is 54.6 Å². The molecule has 0 aliphatic heterocycles. The molecule has 2 aromatic carbocycles. The molecule has 0 unspecified atom stereocenters. The third kappa shape index (κ3) is 2.26. The summed E-state index contributed by atoms with van der Waals surface area (Å²) in [4.78, 5) is 0. The van der Waals surface area contributed by atoms with E-state index in [0.717, 1.165) is 3.57 Å². The van der Waals surface area contributed by atoms with Gasteiger partial charge in [0.25, 0.3) is 0 Å². The molecule has 1 N–H and O–H groups in total. The first kappa shape index (κ1) is 9.52. The zero-order valence-electron chi connectivity index (χ0n) is 7.52. The van der Waals surface area contributed by atoms with Gasteiger partial charge in [-0.05, 0) is 0 Å². The molecular formula is C12H10IO-. The zero-order chi connectivity index (χ0) is 9.80. The molecule has 0 atom stereocenters. The Labute approximate surface area is 93.7 Å². The summed E-state index contributed by atoms with van der Waals surface area (Å²) in [7, 11) is 0. The molecule has 2 heteroatoms. The number of aromatic hydroxyl groups is 1. The average Bonchev–Trinajstić information content (AvgIpc) is 2.23. The van der Waals surface area contributed by atoms with Crippen molar-refractivity contribution in [3.63, 3.8) is 0 Å². The first-order chi connectivity index (χ1) is 6.86. The molecule has 0 aliphatic carbocycles. The molecule has 0 saturated carbocycles. The molecule has 0 fully saturated rings. The second-order valence-electron chi connectivity index (χ2n) is 2.84. The summed E-state index contributed by atoms with van der Waals surface area (Å²) in [6, 6.07) is 17.9. The molecule has 0 aromatic heterocycles. The maximum atomic E-state index is 9.60. The van der Waals surface area contributed by atoms with Crippen LogP contribution in [-0.2, 0) is 0 Å². The van der Waals surface area contributed by atoms with E-state index in [2.05, 4.69) is 12.1 Å². The topological polar surface area (TPSA) is 20.2 Å². The number of halogens is 1.